The highest BCUT2D eigenvalue weighted by atomic mass is 79.9. The lowest BCUT2D eigenvalue weighted by atomic mass is 10.0. The molecule has 0 saturated carbocycles. The van der Waals surface area contributed by atoms with Crippen LogP contribution in [0.1, 0.15) is 28.7 Å². The molecule has 0 aromatic heterocycles. The molecule has 0 N–H and O–H groups in total. The molecule has 0 fully saturated rings. The molecule has 0 saturated heterocycles. The summed E-state index contributed by atoms with van der Waals surface area (Å²) in [6, 6.07) is 32.9. The number of halogens is 4. The largest absolute Gasteiger partial charge is 0.299 e. The molecule has 0 spiro atoms. The molecule has 4 aromatic rings. The van der Waals surface area contributed by atoms with Gasteiger partial charge < -0.3 is 0 Å². The molecule has 5 heteroatoms. The van der Waals surface area contributed by atoms with Crippen LogP contribution in [-0.2, 0) is 30.5 Å². The summed E-state index contributed by atoms with van der Waals surface area (Å²) in [6.07, 6.45) is 4.46. The molecule has 0 aliphatic carbocycles. The summed E-state index contributed by atoms with van der Waals surface area (Å²) in [4.78, 5) is 11.9. The number of rotatable bonds is 8. The Morgan fingerprint density at radius 2 is 0.686 bits per heavy atom. The molecular weight excluding hydrogens is 696 g/mol. The zero-order valence-corrected chi connectivity index (χ0v) is 25.5. The van der Waals surface area contributed by atoms with Crippen LogP contribution < -0.4 is 0 Å². The van der Waals surface area contributed by atoms with Crippen LogP contribution in [0.2, 0.25) is 0 Å². The summed E-state index contributed by atoms with van der Waals surface area (Å²) in [5.41, 5.74) is 4.93. The van der Waals surface area contributed by atoms with E-state index in [1.54, 1.807) is 0 Å². The molecule has 0 unspecified atom stereocenters. The molecule has 0 bridgehead atoms. The Morgan fingerprint density at radius 1 is 0.429 bits per heavy atom. The highest BCUT2D eigenvalue weighted by Gasteiger charge is 2.05. The molecule has 0 radical (unpaired) electrons. The number of hydrogen-bond acceptors (Lipinski definition) is 1. The molecule has 4 rings (SSSR count). The van der Waals surface area contributed by atoms with Crippen molar-refractivity contribution in [3.63, 3.8) is 0 Å². The van der Waals surface area contributed by atoms with Crippen LogP contribution in [0.5, 0.6) is 0 Å². The lowest BCUT2D eigenvalue weighted by Gasteiger charge is -2.03. The number of hydrogen-bond donors (Lipinski definition) is 0. The highest BCUT2D eigenvalue weighted by Crippen LogP contribution is 2.16. The quantitative estimate of drug-likeness (QED) is 0.177. The van der Waals surface area contributed by atoms with E-state index < -0.39 is 0 Å². The van der Waals surface area contributed by atoms with Gasteiger partial charge in [-0.25, -0.2) is 0 Å². The minimum atomic E-state index is 0.236. The van der Waals surface area contributed by atoms with Gasteiger partial charge in [-0.2, -0.15) is 0 Å². The second-order valence-corrected chi connectivity index (χ2v) is 11.9. The zero-order valence-electron chi connectivity index (χ0n) is 19.2. The van der Waals surface area contributed by atoms with Crippen LogP contribution in [-0.4, -0.2) is 5.78 Å². The Hall–Kier alpha value is -1.53. The number of ketones is 1. The van der Waals surface area contributed by atoms with Crippen LogP contribution in [0.15, 0.2) is 115 Å². The number of carbonyl (C=O) groups excluding carboxylic acids is 1. The number of aryl methyl sites for hydroxylation is 2. The van der Waals surface area contributed by atoms with Crippen LogP contribution in [0.25, 0.3) is 0 Å². The van der Waals surface area contributed by atoms with Crippen molar-refractivity contribution in [2.75, 3.05) is 0 Å². The van der Waals surface area contributed by atoms with Gasteiger partial charge in [-0.1, -0.05) is 112 Å². The number of benzene rings is 4. The Morgan fingerprint density at radius 3 is 0.971 bits per heavy atom. The second kappa shape index (κ2) is 14.9. The average molecular weight is 722 g/mol. The van der Waals surface area contributed by atoms with E-state index >= 15 is 0 Å². The van der Waals surface area contributed by atoms with Gasteiger partial charge >= 0.3 is 0 Å². The average Bonchev–Trinajstić information content (AvgIpc) is 2.85. The van der Waals surface area contributed by atoms with Crippen LogP contribution in [0.4, 0.5) is 0 Å². The van der Waals surface area contributed by atoms with Crippen molar-refractivity contribution in [2.45, 2.75) is 32.1 Å². The van der Waals surface area contributed by atoms with Gasteiger partial charge in [-0.15, -0.1) is 0 Å². The van der Waals surface area contributed by atoms with Crippen molar-refractivity contribution in [2.24, 2.45) is 0 Å². The maximum atomic E-state index is 11.9. The first-order valence-electron chi connectivity index (χ1n) is 11.4. The molecule has 0 atom stereocenters. The smallest absolute Gasteiger partial charge is 0.141 e. The molecule has 180 valence electrons. The summed E-state index contributed by atoms with van der Waals surface area (Å²) < 4.78 is 4.36. The Kier molecular flexibility index (Phi) is 11.9. The Labute approximate surface area is 241 Å². The topological polar surface area (TPSA) is 17.1 Å². The second-order valence-electron chi connectivity index (χ2n) is 8.25. The molecule has 0 amide bonds. The normalized spacial score (nSPS) is 10.4. The minimum absolute atomic E-state index is 0.236. The standard InChI is InChI=1S/C15H12Br2O.C15H14Br2/c16-13-5-1-11(2-6-13)9-15(18)10-12-3-7-14(17)8-4-12;16-14-8-4-12(5-9-14)2-1-3-13-6-10-15(17)11-7-13/h1-8H,9-10H2;4-11H,1-3H2. The Bertz CT molecular complexity index is 1090. The monoisotopic (exact) mass is 718 g/mol. The number of Topliss-reactive ketones (excluding diaryl/α,β-unsaturated/α-hetero) is 1. The number of carbonyl (C=O) groups is 1. The summed E-state index contributed by atoms with van der Waals surface area (Å²) in [6.45, 7) is 0. The van der Waals surface area contributed by atoms with Crippen LogP contribution >= 0.6 is 63.7 Å². The summed E-state index contributed by atoms with van der Waals surface area (Å²) in [7, 11) is 0. The van der Waals surface area contributed by atoms with E-state index in [4.69, 9.17) is 0 Å². The fraction of sp³-hybridized carbons (Fsp3) is 0.167. The first-order valence-corrected chi connectivity index (χ1v) is 14.5. The molecule has 0 aliphatic heterocycles. The summed E-state index contributed by atoms with van der Waals surface area (Å²) in [5.74, 6) is 0.236. The van der Waals surface area contributed by atoms with E-state index in [0.717, 1.165) is 41.9 Å². The van der Waals surface area contributed by atoms with Crippen molar-refractivity contribution in [3.8, 4) is 0 Å². The molecule has 0 heterocycles. The molecule has 0 aliphatic rings. The van der Waals surface area contributed by atoms with Gasteiger partial charge in [-0.3, -0.25) is 4.79 Å². The molecule has 35 heavy (non-hydrogen) atoms. The maximum absolute atomic E-state index is 11.9. The van der Waals surface area contributed by atoms with Crippen molar-refractivity contribution in [1.82, 2.24) is 0 Å². The lowest BCUT2D eigenvalue weighted by Crippen LogP contribution is -2.06. The summed E-state index contributed by atoms with van der Waals surface area (Å²) >= 11 is 13.7. The first-order chi connectivity index (χ1) is 16.9. The van der Waals surface area contributed by atoms with E-state index in [1.165, 1.54) is 17.5 Å². The fourth-order valence-electron chi connectivity index (χ4n) is 3.52. The molecule has 1 nitrogen and oxygen atoms in total. The minimum Gasteiger partial charge on any atom is -0.299 e. The van der Waals surface area contributed by atoms with Crippen LogP contribution in [0, 0.1) is 0 Å². The van der Waals surface area contributed by atoms with E-state index in [2.05, 4.69) is 112 Å². The third-order valence-corrected chi connectivity index (χ3v) is 7.50. The van der Waals surface area contributed by atoms with Gasteiger partial charge in [0.1, 0.15) is 5.78 Å². The van der Waals surface area contributed by atoms with E-state index in [0.29, 0.717) is 12.8 Å². The van der Waals surface area contributed by atoms with Gasteiger partial charge in [0.2, 0.25) is 0 Å². The third kappa shape index (κ3) is 10.9. The van der Waals surface area contributed by atoms with Crippen molar-refractivity contribution in [3.05, 3.63) is 137 Å². The van der Waals surface area contributed by atoms with Crippen molar-refractivity contribution >= 4 is 69.5 Å². The van der Waals surface area contributed by atoms with Gasteiger partial charge in [0.15, 0.2) is 0 Å². The molecule has 4 aromatic carbocycles. The van der Waals surface area contributed by atoms with E-state index in [-0.39, 0.29) is 5.78 Å². The van der Waals surface area contributed by atoms with Gasteiger partial charge in [0.25, 0.3) is 0 Å². The van der Waals surface area contributed by atoms with Crippen LogP contribution in [0.3, 0.4) is 0 Å². The highest BCUT2D eigenvalue weighted by molar-refractivity contribution is 9.11. The third-order valence-electron chi connectivity index (χ3n) is 5.39. The van der Waals surface area contributed by atoms with Crippen molar-refractivity contribution < 1.29 is 4.79 Å². The predicted octanol–water partition coefficient (Wildman–Crippen LogP) is 9.95. The summed E-state index contributed by atoms with van der Waals surface area (Å²) in [5, 5.41) is 0. The van der Waals surface area contributed by atoms with Crippen molar-refractivity contribution in [1.29, 1.82) is 0 Å². The predicted molar refractivity (Wildman–Crippen MR) is 161 cm³/mol. The Balaban J connectivity index is 0.000000196. The van der Waals surface area contributed by atoms with E-state index in [1.807, 2.05) is 48.5 Å². The van der Waals surface area contributed by atoms with Gasteiger partial charge in [-0.05, 0) is 90.0 Å². The maximum Gasteiger partial charge on any atom is 0.141 e. The fourth-order valence-corrected chi connectivity index (χ4v) is 4.58. The van der Waals surface area contributed by atoms with Gasteiger partial charge in [0.05, 0.1) is 0 Å². The van der Waals surface area contributed by atoms with E-state index in [9.17, 15) is 4.79 Å². The first kappa shape index (κ1) is 28.0. The molecular formula is C30H26Br4O. The SMILES string of the molecule is Brc1ccc(CCCc2ccc(Br)cc2)cc1.O=C(Cc1ccc(Br)cc1)Cc1ccc(Br)cc1. The zero-order chi connectivity index (χ0) is 25.0. The lowest BCUT2D eigenvalue weighted by molar-refractivity contribution is -0.117. The van der Waals surface area contributed by atoms with Gasteiger partial charge in [0, 0.05) is 30.7 Å².